The molecule has 0 spiro atoms. The minimum absolute atomic E-state index is 0.0172. The predicted molar refractivity (Wildman–Crippen MR) is 129 cm³/mol. The largest absolute Gasteiger partial charge is 0.308 e. The molecule has 0 saturated carbocycles. The van der Waals surface area contributed by atoms with E-state index in [9.17, 15) is 4.39 Å². The molecular formula is C28H23FN2. The number of aryl methyl sites for hydroxylation is 1. The number of pyridine rings is 2. The third-order valence-corrected chi connectivity index (χ3v) is 6.49. The maximum atomic E-state index is 14.4. The molecule has 6 aromatic rings. The van der Waals surface area contributed by atoms with Crippen molar-refractivity contribution in [3.05, 3.63) is 83.8 Å². The Hall–Kier alpha value is -3.46. The lowest BCUT2D eigenvalue weighted by Crippen LogP contribution is -2.10. The summed E-state index contributed by atoms with van der Waals surface area (Å²) < 4.78 is 16.7. The van der Waals surface area contributed by atoms with Crippen molar-refractivity contribution in [1.82, 2.24) is 9.38 Å². The number of nitrogens with zero attached hydrogens (tertiary/aromatic N) is 2. The second kappa shape index (κ2) is 6.04. The van der Waals surface area contributed by atoms with Gasteiger partial charge in [0, 0.05) is 27.2 Å². The Balaban J connectivity index is 1.95. The molecule has 3 aromatic heterocycles. The van der Waals surface area contributed by atoms with Crippen LogP contribution in [0.15, 0.2) is 66.7 Å². The van der Waals surface area contributed by atoms with Gasteiger partial charge in [0.05, 0.1) is 22.1 Å². The monoisotopic (exact) mass is 406 g/mol. The third kappa shape index (κ3) is 2.53. The van der Waals surface area contributed by atoms with Crippen LogP contribution in [0.1, 0.15) is 32.0 Å². The fourth-order valence-electron chi connectivity index (χ4n) is 4.89. The highest BCUT2D eigenvalue weighted by Crippen LogP contribution is 2.39. The molecule has 0 aliphatic rings. The van der Waals surface area contributed by atoms with Crippen molar-refractivity contribution < 1.29 is 4.39 Å². The minimum Gasteiger partial charge on any atom is -0.308 e. The topological polar surface area (TPSA) is 17.3 Å². The van der Waals surface area contributed by atoms with Gasteiger partial charge < -0.3 is 4.40 Å². The fourth-order valence-corrected chi connectivity index (χ4v) is 4.89. The summed E-state index contributed by atoms with van der Waals surface area (Å²) in [5.74, 6) is -0.214. The maximum absolute atomic E-state index is 14.4. The van der Waals surface area contributed by atoms with E-state index in [4.69, 9.17) is 4.98 Å². The summed E-state index contributed by atoms with van der Waals surface area (Å²) in [4.78, 5) is 4.85. The van der Waals surface area contributed by atoms with Gasteiger partial charge in [-0.2, -0.15) is 0 Å². The average molecular weight is 407 g/mol. The molecule has 0 aliphatic carbocycles. The molecular weight excluding hydrogens is 383 g/mol. The van der Waals surface area contributed by atoms with Crippen molar-refractivity contribution in [3.8, 4) is 0 Å². The predicted octanol–water partition coefficient (Wildman–Crippen LogP) is 7.69. The van der Waals surface area contributed by atoms with Crippen molar-refractivity contribution in [2.75, 3.05) is 0 Å². The fraction of sp³-hybridized carbons (Fsp3) is 0.179. The molecule has 0 saturated heterocycles. The molecule has 6 rings (SSSR count). The molecule has 0 atom stereocenters. The van der Waals surface area contributed by atoms with E-state index in [0.717, 1.165) is 54.7 Å². The van der Waals surface area contributed by atoms with Crippen LogP contribution >= 0.6 is 0 Å². The lowest BCUT2D eigenvalue weighted by molar-refractivity contribution is 0.591. The number of hydrogen-bond acceptors (Lipinski definition) is 1. The SMILES string of the molecule is Cc1nc2ccccc2c2c1cc1c3ccc(C(C)(C)C)cc3c3cc(F)ccc3n12. The molecule has 2 nitrogen and oxygen atoms in total. The van der Waals surface area contributed by atoms with E-state index in [0.29, 0.717) is 0 Å². The van der Waals surface area contributed by atoms with Crippen LogP contribution in [0.3, 0.4) is 0 Å². The molecule has 3 heterocycles. The Bertz CT molecular complexity index is 1680. The highest BCUT2D eigenvalue weighted by Gasteiger charge is 2.19. The number of aromatic nitrogens is 2. The number of fused-ring (bicyclic) bond motifs is 10. The van der Waals surface area contributed by atoms with Gasteiger partial charge in [-0.15, -0.1) is 0 Å². The van der Waals surface area contributed by atoms with E-state index in [1.165, 1.54) is 5.56 Å². The van der Waals surface area contributed by atoms with E-state index in [1.54, 1.807) is 12.1 Å². The Kier molecular flexibility index (Phi) is 3.57. The quantitative estimate of drug-likeness (QED) is 0.236. The van der Waals surface area contributed by atoms with Gasteiger partial charge in [0.1, 0.15) is 5.82 Å². The maximum Gasteiger partial charge on any atom is 0.123 e. The molecule has 0 bridgehead atoms. The van der Waals surface area contributed by atoms with E-state index >= 15 is 0 Å². The van der Waals surface area contributed by atoms with Crippen LogP contribution in [0.2, 0.25) is 0 Å². The number of hydrogen-bond donors (Lipinski definition) is 0. The van der Waals surface area contributed by atoms with Gasteiger partial charge in [-0.25, -0.2) is 4.39 Å². The van der Waals surface area contributed by atoms with Crippen molar-refractivity contribution in [1.29, 1.82) is 0 Å². The van der Waals surface area contributed by atoms with Gasteiger partial charge in [0.2, 0.25) is 0 Å². The van der Waals surface area contributed by atoms with Crippen molar-refractivity contribution in [3.63, 3.8) is 0 Å². The van der Waals surface area contributed by atoms with Crippen molar-refractivity contribution >= 4 is 49.0 Å². The summed E-state index contributed by atoms with van der Waals surface area (Å²) in [6, 6.07) is 22.3. The number of benzene rings is 3. The van der Waals surface area contributed by atoms with Crippen LogP contribution in [0, 0.1) is 12.7 Å². The van der Waals surface area contributed by atoms with E-state index in [2.05, 4.69) is 74.6 Å². The Morgan fingerprint density at radius 1 is 0.742 bits per heavy atom. The van der Waals surface area contributed by atoms with Gasteiger partial charge in [-0.1, -0.05) is 51.1 Å². The van der Waals surface area contributed by atoms with Crippen LogP contribution < -0.4 is 0 Å². The van der Waals surface area contributed by atoms with Gasteiger partial charge >= 0.3 is 0 Å². The molecule has 0 radical (unpaired) electrons. The summed E-state index contributed by atoms with van der Waals surface area (Å²) in [7, 11) is 0. The second-order valence-corrected chi connectivity index (χ2v) is 9.51. The number of para-hydroxylation sites is 1. The zero-order valence-corrected chi connectivity index (χ0v) is 18.1. The van der Waals surface area contributed by atoms with Crippen LogP contribution in [0.25, 0.3) is 49.0 Å². The molecule has 0 amide bonds. The van der Waals surface area contributed by atoms with Crippen LogP contribution in [0.4, 0.5) is 4.39 Å². The first-order valence-electron chi connectivity index (χ1n) is 10.7. The Labute approximate surface area is 179 Å². The van der Waals surface area contributed by atoms with Gasteiger partial charge in [0.25, 0.3) is 0 Å². The first-order valence-corrected chi connectivity index (χ1v) is 10.7. The molecule has 0 fully saturated rings. The van der Waals surface area contributed by atoms with Gasteiger partial charge in [0.15, 0.2) is 0 Å². The zero-order chi connectivity index (χ0) is 21.5. The summed E-state index contributed by atoms with van der Waals surface area (Å²) in [5, 5.41) is 5.40. The highest BCUT2D eigenvalue weighted by atomic mass is 19.1. The van der Waals surface area contributed by atoms with Crippen LogP contribution in [-0.4, -0.2) is 9.38 Å². The normalized spacial score (nSPS) is 12.7. The van der Waals surface area contributed by atoms with Crippen LogP contribution in [-0.2, 0) is 5.41 Å². The summed E-state index contributed by atoms with van der Waals surface area (Å²) in [5.41, 5.74) is 6.53. The lowest BCUT2D eigenvalue weighted by atomic mass is 9.85. The van der Waals surface area contributed by atoms with Gasteiger partial charge in [-0.3, -0.25) is 4.98 Å². The van der Waals surface area contributed by atoms with Crippen molar-refractivity contribution in [2.45, 2.75) is 33.1 Å². The number of halogens is 1. The summed E-state index contributed by atoms with van der Waals surface area (Å²) in [6.45, 7) is 8.70. The third-order valence-electron chi connectivity index (χ3n) is 6.49. The van der Waals surface area contributed by atoms with Gasteiger partial charge in [-0.05, 0) is 59.7 Å². The first-order chi connectivity index (χ1) is 14.8. The summed E-state index contributed by atoms with van der Waals surface area (Å²) in [6.07, 6.45) is 0. The highest BCUT2D eigenvalue weighted by molar-refractivity contribution is 6.19. The smallest absolute Gasteiger partial charge is 0.123 e. The lowest BCUT2D eigenvalue weighted by Gasteiger charge is -2.20. The van der Waals surface area contributed by atoms with E-state index in [-0.39, 0.29) is 11.2 Å². The Morgan fingerprint density at radius 3 is 2.35 bits per heavy atom. The average Bonchev–Trinajstić information content (AvgIpc) is 3.15. The standard InChI is InChI=1S/C28H23FN2/c1-16-21-15-26-19-11-9-17(28(2,3)4)13-22(19)23-14-18(29)10-12-25(23)31(26)27(21)20-7-5-6-8-24(20)30-16/h5-15H,1-4H3. The van der Waals surface area contributed by atoms with Crippen LogP contribution in [0.5, 0.6) is 0 Å². The zero-order valence-electron chi connectivity index (χ0n) is 18.1. The molecule has 3 aromatic carbocycles. The second-order valence-electron chi connectivity index (χ2n) is 9.51. The molecule has 3 heteroatoms. The molecule has 0 N–H and O–H groups in total. The summed E-state index contributed by atoms with van der Waals surface area (Å²) >= 11 is 0. The Morgan fingerprint density at radius 2 is 1.55 bits per heavy atom. The van der Waals surface area contributed by atoms with E-state index < -0.39 is 0 Å². The van der Waals surface area contributed by atoms with E-state index in [1.807, 2.05) is 12.1 Å². The first kappa shape index (κ1) is 18.3. The molecule has 0 unspecified atom stereocenters. The number of rotatable bonds is 0. The molecule has 0 aliphatic heterocycles. The van der Waals surface area contributed by atoms with Crippen molar-refractivity contribution in [2.24, 2.45) is 0 Å². The minimum atomic E-state index is -0.214. The molecule has 31 heavy (non-hydrogen) atoms. The molecule has 152 valence electrons.